The predicted octanol–water partition coefficient (Wildman–Crippen LogP) is 3.26. The van der Waals surface area contributed by atoms with Crippen molar-refractivity contribution in [2.24, 2.45) is 0 Å². The summed E-state index contributed by atoms with van der Waals surface area (Å²) in [7, 11) is 0. The van der Waals surface area contributed by atoms with Gasteiger partial charge in [0, 0.05) is 24.8 Å². The van der Waals surface area contributed by atoms with Gasteiger partial charge in [0.2, 0.25) is 6.10 Å². The number of rotatable bonds is 4. The van der Waals surface area contributed by atoms with Crippen molar-refractivity contribution in [1.29, 1.82) is 0 Å². The molecule has 2 aromatic rings. The molecule has 5 nitrogen and oxygen atoms in total. The SMILES string of the molecule is O=C(O[C@@H](C(=O)N1CCCC1)c1ccccc1)c1ccc(Cl)nc1. The third-order valence-corrected chi connectivity index (χ3v) is 4.16. The van der Waals surface area contributed by atoms with E-state index >= 15 is 0 Å². The van der Waals surface area contributed by atoms with Crippen LogP contribution >= 0.6 is 11.6 Å². The molecule has 0 unspecified atom stereocenters. The van der Waals surface area contributed by atoms with E-state index < -0.39 is 12.1 Å². The monoisotopic (exact) mass is 344 g/mol. The number of amides is 1. The maximum absolute atomic E-state index is 12.8. The van der Waals surface area contributed by atoms with Crippen LogP contribution in [0.3, 0.4) is 0 Å². The van der Waals surface area contributed by atoms with Crippen molar-refractivity contribution in [1.82, 2.24) is 9.88 Å². The molecule has 0 spiro atoms. The van der Waals surface area contributed by atoms with Gasteiger partial charge in [-0.25, -0.2) is 9.78 Å². The lowest BCUT2D eigenvalue weighted by Crippen LogP contribution is -2.34. The molecule has 0 saturated carbocycles. The number of halogens is 1. The molecule has 0 aliphatic carbocycles. The summed E-state index contributed by atoms with van der Waals surface area (Å²) in [4.78, 5) is 30.8. The van der Waals surface area contributed by atoms with Crippen LogP contribution in [0.1, 0.15) is 34.9 Å². The van der Waals surface area contributed by atoms with Crippen molar-refractivity contribution < 1.29 is 14.3 Å². The number of aromatic nitrogens is 1. The number of carbonyl (C=O) groups excluding carboxylic acids is 2. The van der Waals surface area contributed by atoms with E-state index in [1.807, 2.05) is 18.2 Å². The summed E-state index contributed by atoms with van der Waals surface area (Å²) < 4.78 is 5.52. The highest BCUT2D eigenvalue weighted by atomic mass is 35.5. The van der Waals surface area contributed by atoms with E-state index in [2.05, 4.69) is 4.98 Å². The summed E-state index contributed by atoms with van der Waals surface area (Å²) in [5.74, 6) is -0.783. The lowest BCUT2D eigenvalue weighted by atomic mass is 10.1. The summed E-state index contributed by atoms with van der Waals surface area (Å²) in [6, 6.07) is 12.1. The maximum atomic E-state index is 12.8. The summed E-state index contributed by atoms with van der Waals surface area (Å²) in [6.07, 6.45) is 2.34. The maximum Gasteiger partial charge on any atom is 0.340 e. The van der Waals surface area contributed by atoms with Crippen molar-refractivity contribution in [2.75, 3.05) is 13.1 Å². The zero-order valence-electron chi connectivity index (χ0n) is 13.0. The number of nitrogens with zero attached hydrogens (tertiary/aromatic N) is 2. The second-order valence-electron chi connectivity index (χ2n) is 5.60. The second kappa shape index (κ2) is 7.45. The number of hydrogen-bond donors (Lipinski definition) is 0. The quantitative estimate of drug-likeness (QED) is 0.631. The van der Waals surface area contributed by atoms with Gasteiger partial charge in [-0.05, 0) is 25.0 Å². The van der Waals surface area contributed by atoms with E-state index in [4.69, 9.17) is 16.3 Å². The Hall–Kier alpha value is -2.40. The number of esters is 1. The molecule has 0 radical (unpaired) electrons. The van der Waals surface area contributed by atoms with Gasteiger partial charge < -0.3 is 9.64 Å². The fraction of sp³-hybridized carbons (Fsp3) is 0.278. The summed E-state index contributed by atoms with van der Waals surface area (Å²) >= 11 is 5.73. The highest BCUT2D eigenvalue weighted by molar-refractivity contribution is 6.29. The van der Waals surface area contributed by atoms with E-state index in [-0.39, 0.29) is 11.5 Å². The fourth-order valence-corrected chi connectivity index (χ4v) is 2.78. The van der Waals surface area contributed by atoms with Crippen molar-refractivity contribution in [3.05, 3.63) is 64.9 Å². The normalized spacial score (nSPS) is 15.1. The molecule has 1 aromatic heterocycles. The molecule has 3 rings (SSSR count). The van der Waals surface area contributed by atoms with Crippen LogP contribution in [0.2, 0.25) is 5.15 Å². The molecule has 24 heavy (non-hydrogen) atoms. The first-order valence-electron chi connectivity index (χ1n) is 7.81. The smallest absolute Gasteiger partial charge is 0.340 e. The van der Waals surface area contributed by atoms with Crippen LogP contribution < -0.4 is 0 Å². The summed E-state index contributed by atoms with van der Waals surface area (Å²) in [5.41, 5.74) is 0.916. The van der Waals surface area contributed by atoms with Crippen molar-refractivity contribution in [3.63, 3.8) is 0 Å². The van der Waals surface area contributed by atoms with Crippen LogP contribution in [-0.2, 0) is 9.53 Å². The van der Waals surface area contributed by atoms with Gasteiger partial charge in [-0.1, -0.05) is 41.9 Å². The molecular formula is C18H17ClN2O3. The Morgan fingerprint density at radius 3 is 2.42 bits per heavy atom. The van der Waals surface area contributed by atoms with Gasteiger partial charge >= 0.3 is 5.97 Å². The molecular weight excluding hydrogens is 328 g/mol. The molecule has 0 N–H and O–H groups in total. The lowest BCUT2D eigenvalue weighted by Gasteiger charge is -2.23. The molecule has 1 aliphatic heterocycles. The Morgan fingerprint density at radius 1 is 1.08 bits per heavy atom. The van der Waals surface area contributed by atoms with Crippen LogP contribution in [0.25, 0.3) is 0 Å². The van der Waals surface area contributed by atoms with E-state index in [1.54, 1.807) is 17.0 Å². The minimum atomic E-state index is -0.951. The van der Waals surface area contributed by atoms with Gasteiger partial charge in [0.05, 0.1) is 5.56 Å². The first kappa shape index (κ1) is 16.5. The van der Waals surface area contributed by atoms with E-state index in [1.165, 1.54) is 18.3 Å². The zero-order valence-corrected chi connectivity index (χ0v) is 13.8. The van der Waals surface area contributed by atoms with Gasteiger partial charge in [0.1, 0.15) is 5.15 Å². The Balaban J connectivity index is 1.83. The first-order chi connectivity index (χ1) is 11.6. The molecule has 1 amide bonds. The van der Waals surface area contributed by atoms with Gasteiger partial charge in [-0.15, -0.1) is 0 Å². The van der Waals surface area contributed by atoms with Crippen molar-refractivity contribution >= 4 is 23.5 Å². The predicted molar refractivity (Wildman–Crippen MR) is 89.7 cm³/mol. The number of carbonyl (C=O) groups is 2. The van der Waals surface area contributed by atoms with Crippen LogP contribution in [0, 0.1) is 0 Å². The second-order valence-corrected chi connectivity index (χ2v) is 5.99. The van der Waals surface area contributed by atoms with E-state index in [9.17, 15) is 9.59 Å². The molecule has 1 aliphatic rings. The van der Waals surface area contributed by atoms with E-state index in [0.29, 0.717) is 23.8 Å². The van der Waals surface area contributed by atoms with Crippen molar-refractivity contribution in [2.45, 2.75) is 18.9 Å². The lowest BCUT2D eigenvalue weighted by molar-refractivity contribution is -0.140. The van der Waals surface area contributed by atoms with Crippen LogP contribution in [0.15, 0.2) is 48.7 Å². The molecule has 6 heteroatoms. The summed E-state index contributed by atoms with van der Waals surface area (Å²) in [5, 5.41) is 0.291. The number of benzene rings is 1. The Labute approximate surface area is 145 Å². The summed E-state index contributed by atoms with van der Waals surface area (Å²) in [6.45, 7) is 1.39. The Kier molecular flexibility index (Phi) is 5.11. The van der Waals surface area contributed by atoms with Crippen LogP contribution in [0.4, 0.5) is 0 Å². The number of likely N-dealkylation sites (tertiary alicyclic amines) is 1. The van der Waals surface area contributed by atoms with Crippen molar-refractivity contribution in [3.8, 4) is 0 Å². The van der Waals surface area contributed by atoms with Crippen LogP contribution in [-0.4, -0.2) is 34.8 Å². The highest BCUT2D eigenvalue weighted by Gasteiger charge is 2.31. The number of hydrogen-bond acceptors (Lipinski definition) is 4. The van der Waals surface area contributed by atoms with Gasteiger partial charge in [0.15, 0.2) is 0 Å². The molecule has 124 valence electrons. The highest BCUT2D eigenvalue weighted by Crippen LogP contribution is 2.24. The average Bonchev–Trinajstić information content (AvgIpc) is 3.15. The van der Waals surface area contributed by atoms with Gasteiger partial charge in [-0.3, -0.25) is 4.79 Å². The first-order valence-corrected chi connectivity index (χ1v) is 8.19. The molecule has 1 saturated heterocycles. The molecule has 1 atom stereocenters. The molecule has 1 fully saturated rings. The van der Waals surface area contributed by atoms with Gasteiger partial charge in [0.25, 0.3) is 5.91 Å². The Bertz CT molecular complexity index is 713. The third kappa shape index (κ3) is 3.74. The third-order valence-electron chi connectivity index (χ3n) is 3.93. The Morgan fingerprint density at radius 2 is 1.79 bits per heavy atom. The topological polar surface area (TPSA) is 59.5 Å². The molecule has 1 aromatic carbocycles. The number of pyridine rings is 1. The minimum Gasteiger partial charge on any atom is -0.444 e. The van der Waals surface area contributed by atoms with Crippen LogP contribution in [0.5, 0.6) is 0 Å². The largest absolute Gasteiger partial charge is 0.444 e. The zero-order chi connectivity index (χ0) is 16.9. The molecule has 2 heterocycles. The number of ether oxygens (including phenoxy) is 1. The molecule has 0 bridgehead atoms. The average molecular weight is 345 g/mol. The fourth-order valence-electron chi connectivity index (χ4n) is 2.66. The standard InChI is InChI=1S/C18H17ClN2O3/c19-15-9-8-14(12-20-15)18(23)24-16(13-6-2-1-3-7-13)17(22)21-10-4-5-11-21/h1-3,6-9,12,16H,4-5,10-11H2/t16-/m1/s1. The van der Waals surface area contributed by atoms with E-state index in [0.717, 1.165) is 12.8 Å². The van der Waals surface area contributed by atoms with Gasteiger partial charge in [-0.2, -0.15) is 0 Å². The minimum absolute atomic E-state index is 0.186.